The van der Waals surface area contributed by atoms with Crippen LogP contribution in [0, 0.1) is 10.1 Å². The van der Waals surface area contributed by atoms with Crippen LogP contribution in [0.15, 0.2) is 42.5 Å². The van der Waals surface area contributed by atoms with Crippen LogP contribution in [0.1, 0.15) is 24.0 Å². The molecule has 0 fully saturated rings. The molecule has 0 aromatic heterocycles. The fraction of sp³-hybridized carbons (Fsp3) is 0.188. The molecular formula is C16H12ClF3N2O3. The Morgan fingerprint density at radius 1 is 1.20 bits per heavy atom. The van der Waals surface area contributed by atoms with Gasteiger partial charge < -0.3 is 5.32 Å². The lowest BCUT2D eigenvalue weighted by Crippen LogP contribution is -2.19. The summed E-state index contributed by atoms with van der Waals surface area (Å²) < 4.78 is 38.3. The highest BCUT2D eigenvalue weighted by atomic mass is 35.5. The van der Waals surface area contributed by atoms with Gasteiger partial charge in [-0.25, -0.2) is 0 Å². The molecule has 1 amide bonds. The monoisotopic (exact) mass is 372 g/mol. The van der Waals surface area contributed by atoms with Gasteiger partial charge in [0.25, 0.3) is 5.69 Å². The van der Waals surface area contributed by atoms with Gasteiger partial charge in [0.15, 0.2) is 0 Å². The van der Waals surface area contributed by atoms with E-state index in [4.69, 9.17) is 11.6 Å². The molecule has 9 heteroatoms. The number of benzene rings is 2. The van der Waals surface area contributed by atoms with Crippen molar-refractivity contribution in [2.45, 2.75) is 19.0 Å². The number of nitrogens with zero attached hydrogens (tertiary/aromatic N) is 1. The average Bonchev–Trinajstić information content (AvgIpc) is 2.55. The standard InChI is InChI=1S/C16H12ClF3N2O3/c1-9(10-2-5-12(6-3-10)22(24)25)15(23)21-14-8-11(16(18,19)20)4-7-13(14)17/h2-9H,1H3,(H,21,23)/t9-/m0/s1. The van der Waals surface area contributed by atoms with Crippen molar-refractivity contribution in [3.8, 4) is 0 Å². The summed E-state index contributed by atoms with van der Waals surface area (Å²) in [7, 11) is 0. The lowest BCUT2D eigenvalue weighted by Gasteiger charge is -2.15. The summed E-state index contributed by atoms with van der Waals surface area (Å²) in [5, 5.41) is 13.0. The smallest absolute Gasteiger partial charge is 0.324 e. The Kier molecular flexibility index (Phi) is 5.32. The lowest BCUT2D eigenvalue weighted by atomic mass is 10.00. The molecule has 0 spiro atoms. The maximum Gasteiger partial charge on any atom is 0.416 e. The van der Waals surface area contributed by atoms with Crippen molar-refractivity contribution >= 4 is 28.9 Å². The third kappa shape index (κ3) is 4.48. The second-order valence-electron chi connectivity index (χ2n) is 5.25. The van der Waals surface area contributed by atoms with E-state index in [1.165, 1.54) is 31.2 Å². The zero-order chi connectivity index (χ0) is 18.8. The highest BCUT2D eigenvalue weighted by Gasteiger charge is 2.31. The zero-order valence-electron chi connectivity index (χ0n) is 12.8. The van der Waals surface area contributed by atoms with Crippen LogP contribution < -0.4 is 5.32 Å². The predicted molar refractivity (Wildman–Crippen MR) is 86.6 cm³/mol. The third-order valence-electron chi connectivity index (χ3n) is 3.55. The number of nitro groups is 1. The molecule has 0 bridgehead atoms. The molecule has 0 heterocycles. The topological polar surface area (TPSA) is 72.2 Å². The van der Waals surface area contributed by atoms with Crippen LogP contribution in [0.4, 0.5) is 24.5 Å². The molecule has 5 nitrogen and oxygen atoms in total. The van der Waals surface area contributed by atoms with E-state index in [1.54, 1.807) is 0 Å². The van der Waals surface area contributed by atoms with E-state index in [1.807, 2.05) is 0 Å². The number of nitro benzene ring substituents is 1. The van der Waals surface area contributed by atoms with Crippen molar-refractivity contribution in [3.05, 3.63) is 68.7 Å². The van der Waals surface area contributed by atoms with Gasteiger partial charge in [0.05, 0.1) is 27.1 Å². The van der Waals surface area contributed by atoms with E-state index in [2.05, 4.69) is 5.32 Å². The summed E-state index contributed by atoms with van der Waals surface area (Å²) in [5.74, 6) is -1.33. The SMILES string of the molecule is C[C@H](C(=O)Nc1cc(C(F)(F)F)ccc1Cl)c1ccc([N+](=O)[O-])cc1. The van der Waals surface area contributed by atoms with Crippen LogP contribution in [0.2, 0.25) is 5.02 Å². The fourth-order valence-electron chi connectivity index (χ4n) is 2.07. The van der Waals surface area contributed by atoms with Crippen molar-refractivity contribution in [1.82, 2.24) is 0 Å². The van der Waals surface area contributed by atoms with Gasteiger partial charge in [-0.05, 0) is 30.7 Å². The summed E-state index contributed by atoms with van der Waals surface area (Å²) in [5.41, 5.74) is -0.742. The molecule has 0 aliphatic carbocycles. The predicted octanol–water partition coefficient (Wildman–Crippen LogP) is 5.01. The number of amides is 1. The number of rotatable bonds is 4. The fourth-order valence-corrected chi connectivity index (χ4v) is 2.24. The molecule has 0 saturated heterocycles. The van der Waals surface area contributed by atoms with Crippen LogP contribution in [0.25, 0.3) is 0 Å². The van der Waals surface area contributed by atoms with Crippen molar-refractivity contribution in [1.29, 1.82) is 0 Å². The van der Waals surface area contributed by atoms with E-state index in [0.29, 0.717) is 5.56 Å². The number of alkyl halides is 3. The molecule has 1 atom stereocenters. The van der Waals surface area contributed by atoms with E-state index in [9.17, 15) is 28.1 Å². The van der Waals surface area contributed by atoms with Gasteiger partial charge in [-0.2, -0.15) is 13.2 Å². The molecule has 0 saturated carbocycles. The normalized spacial score (nSPS) is 12.5. The molecule has 2 aromatic carbocycles. The summed E-state index contributed by atoms with van der Waals surface area (Å²) in [4.78, 5) is 22.3. The molecule has 132 valence electrons. The number of hydrogen-bond acceptors (Lipinski definition) is 3. The van der Waals surface area contributed by atoms with Crippen LogP contribution in [0.3, 0.4) is 0 Å². The first-order chi connectivity index (χ1) is 11.6. The van der Waals surface area contributed by atoms with Gasteiger partial charge >= 0.3 is 6.18 Å². The largest absolute Gasteiger partial charge is 0.416 e. The number of halogens is 4. The summed E-state index contributed by atoms with van der Waals surface area (Å²) in [6.07, 6.45) is -4.56. The molecule has 0 radical (unpaired) electrons. The second kappa shape index (κ2) is 7.10. The number of nitrogens with one attached hydrogen (secondary N) is 1. The first-order valence-corrected chi connectivity index (χ1v) is 7.39. The molecule has 2 aromatic rings. The third-order valence-corrected chi connectivity index (χ3v) is 3.88. The molecule has 1 N–H and O–H groups in total. The number of carbonyl (C=O) groups is 1. The number of carbonyl (C=O) groups excluding carboxylic acids is 1. The second-order valence-corrected chi connectivity index (χ2v) is 5.66. The first kappa shape index (κ1) is 18.7. The van der Waals surface area contributed by atoms with Gasteiger partial charge in [-0.15, -0.1) is 0 Å². The lowest BCUT2D eigenvalue weighted by molar-refractivity contribution is -0.384. The zero-order valence-corrected chi connectivity index (χ0v) is 13.6. The maximum absolute atomic E-state index is 12.8. The molecule has 0 aliphatic heterocycles. The Hall–Kier alpha value is -2.61. The number of non-ortho nitro benzene ring substituents is 1. The van der Waals surface area contributed by atoms with Gasteiger partial charge in [-0.1, -0.05) is 23.7 Å². The van der Waals surface area contributed by atoms with Gasteiger partial charge in [0.1, 0.15) is 0 Å². The first-order valence-electron chi connectivity index (χ1n) is 7.01. The van der Waals surface area contributed by atoms with E-state index in [-0.39, 0.29) is 16.4 Å². The molecule has 0 aliphatic rings. The molecule has 0 unspecified atom stereocenters. The summed E-state index contributed by atoms with van der Waals surface area (Å²) in [6.45, 7) is 1.53. The Labute approximate surface area is 145 Å². The van der Waals surface area contributed by atoms with Gasteiger partial charge in [0.2, 0.25) is 5.91 Å². The minimum absolute atomic E-state index is 0.0303. The van der Waals surface area contributed by atoms with Crippen molar-refractivity contribution < 1.29 is 22.9 Å². The Morgan fingerprint density at radius 2 is 1.80 bits per heavy atom. The Bertz CT molecular complexity index is 807. The van der Waals surface area contributed by atoms with Gasteiger partial charge in [-0.3, -0.25) is 14.9 Å². The number of anilines is 1. The number of hydrogen-bond donors (Lipinski definition) is 1. The quantitative estimate of drug-likeness (QED) is 0.605. The van der Waals surface area contributed by atoms with Crippen molar-refractivity contribution in [2.75, 3.05) is 5.32 Å². The highest BCUT2D eigenvalue weighted by Crippen LogP contribution is 2.34. The van der Waals surface area contributed by atoms with Gasteiger partial charge in [0, 0.05) is 12.1 Å². The molecule has 25 heavy (non-hydrogen) atoms. The van der Waals surface area contributed by atoms with E-state index in [0.717, 1.165) is 18.2 Å². The molecular weight excluding hydrogens is 361 g/mol. The van der Waals surface area contributed by atoms with Crippen LogP contribution in [-0.4, -0.2) is 10.8 Å². The van der Waals surface area contributed by atoms with Crippen LogP contribution >= 0.6 is 11.6 Å². The maximum atomic E-state index is 12.8. The highest BCUT2D eigenvalue weighted by molar-refractivity contribution is 6.33. The average molecular weight is 373 g/mol. The van der Waals surface area contributed by atoms with E-state index >= 15 is 0 Å². The van der Waals surface area contributed by atoms with Crippen molar-refractivity contribution in [2.24, 2.45) is 0 Å². The van der Waals surface area contributed by atoms with Crippen LogP contribution in [0.5, 0.6) is 0 Å². The minimum atomic E-state index is -4.56. The minimum Gasteiger partial charge on any atom is -0.324 e. The Morgan fingerprint density at radius 3 is 2.32 bits per heavy atom. The van der Waals surface area contributed by atoms with E-state index < -0.39 is 28.5 Å². The van der Waals surface area contributed by atoms with Crippen LogP contribution in [-0.2, 0) is 11.0 Å². The molecule has 2 rings (SSSR count). The summed E-state index contributed by atoms with van der Waals surface area (Å²) in [6, 6.07) is 7.94. The summed E-state index contributed by atoms with van der Waals surface area (Å²) >= 11 is 5.84. The Balaban J connectivity index is 2.20. The van der Waals surface area contributed by atoms with Crippen molar-refractivity contribution in [3.63, 3.8) is 0 Å².